The molecule has 6 rings (SSSR count). The number of likely N-dealkylation sites (tertiary alicyclic amines) is 1. The lowest BCUT2D eigenvalue weighted by molar-refractivity contribution is -0.137. The van der Waals surface area contributed by atoms with Gasteiger partial charge in [0.1, 0.15) is 0 Å². The molecule has 1 unspecified atom stereocenters. The van der Waals surface area contributed by atoms with E-state index in [9.17, 15) is 33.0 Å². The number of aromatic nitrogens is 4. The minimum absolute atomic E-state index is 0.0589. The Labute approximate surface area is 238 Å². The van der Waals surface area contributed by atoms with Crippen LogP contribution < -0.4 is 5.69 Å². The van der Waals surface area contributed by atoms with Crippen LogP contribution in [0.15, 0.2) is 53.3 Å². The largest absolute Gasteiger partial charge is 0.465 e. The van der Waals surface area contributed by atoms with Crippen molar-refractivity contribution < 1.29 is 28.2 Å². The molecule has 0 aliphatic carbocycles. The molecule has 222 valence electrons. The third-order valence-corrected chi connectivity index (χ3v) is 8.29. The Morgan fingerprint density at radius 2 is 1.76 bits per heavy atom. The molecule has 0 radical (unpaired) electrons. The van der Waals surface area contributed by atoms with Crippen LogP contribution in [0.25, 0.3) is 22.3 Å². The topological polar surface area (TPSA) is 120 Å². The van der Waals surface area contributed by atoms with E-state index >= 15 is 0 Å². The van der Waals surface area contributed by atoms with E-state index in [0.717, 1.165) is 41.7 Å². The molecule has 4 aromatic rings. The molecule has 1 saturated heterocycles. The summed E-state index contributed by atoms with van der Waals surface area (Å²) in [4.78, 5) is 30.6. The molecule has 2 aromatic carbocycles. The molecule has 3 N–H and O–H groups in total. The van der Waals surface area contributed by atoms with Crippen molar-refractivity contribution in [3.63, 3.8) is 0 Å². The van der Waals surface area contributed by atoms with Gasteiger partial charge in [-0.3, -0.25) is 9.25 Å². The van der Waals surface area contributed by atoms with Crippen LogP contribution in [0.5, 0.6) is 0 Å². The first-order chi connectivity index (χ1) is 20.1. The van der Waals surface area contributed by atoms with Crippen molar-refractivity contribution in [3.05, 3.63) is 75.8 Å². The van der Waals surface area contributed by atoms with Crippen LogP contribution in [0.1, 0.15) is 35.7 Å². The van der Waals surface area contributed by atoms with Crippen LogP contribution in [0, 0.1) is 0 Å². The quantitative estimate of drug-likeness (QED) is 0.316. The maximum atomic E-state index is 13.1. The summed E-state index contributed by atoms with van der Waals surface area (Å²) in [6.07, 6.45) is -4.43. The summed E-state index contributed by atoms with van der Waals surface area (Å²) in [7, 11) is 0. The summed E-state index contributed by atoms with van der Waals surface area (Å²) < 4.78 is 42.8. The Bertz CT molecular complexity index is 1650. The molecule has 4 heterocycles. The minimum atomic E-state index is -4.47. The van der Waals surface area contributed by atoms with E-state index in [-0.39, 0.29) is 31.4 Å². The SMILES string of the molecule is O=C(O)N1CCc2c(c(-c3ccc(C(F)(F)F)cc3)nn2CC(O)CN2CCC(n3c(=O)[nH]c4ccccc43)CC2)C1. The van der Waals surface area contributed by atoms with Gasteiger partial charge in [0.2, 0.25) is 0 Å². The van der Waals surface area contributed by atoms with Crippen molar-refractivity contribution in [2.75, 3.05) is 26.2 Å². The molecule has 0 saturated carbocycles. The number of carboxylic acid groups (broad SMARTS) is 1. The summed E-state index contributed by atoms with van der Waals surface area (Å²) in [6, 6.07) is 12.3. The van der Waals surface area contributed by atoms with Gasteiger partial charge in [0.15, 0.2) is 0 Å². The van der Waals surface area contributed by atoms with Crippen molar-refractivity contribution in [2.24, 2.45) is 0 Å². The molecule has 1 fully saturated rings. The Morgan fingerprint density at radius 3 is 2.45 bits per heavy atom. The molecule has 42 heavy (non-hydrogen) atoms. The number of nitrogens with zero attached hydrogens (tertiary/aromatic N) is 5. The number of nitrogens with one attached hydrogen (secondary N) is 1. The number of piperidine rings is 1. The monoisotopic (exact) mass is 584 g/mol. The number of para-hydroxylation sites is 2. The van der Waals surface area contributed by atoms with Crippen LogP contribution in [-0.4, -0.2) is 77.7 Å². The third-order valence-electron chi connectivity index (χ3n) is 8.29. The number of hydrogen-bond acceptors (Lipinski definition) is 5. The third kappa shape index (κ3) is 5.41. The van der Waals surface area contributed by atoms with E-state index in [2.05, 4.69) is 15.0 Å². The van der Waals surface area contributed by atoms with E-state index in [0.29, 0.717) is 42.9 Å². The summed E-state index contributed by atoms with van der Waals surface area (Å²) in [6.45, 7) is 2.29. The van der Waals surface area contributed by atoms with E-state index in [4.69, 9.17) is 0 Å². The molecule has 1 amide bonds. The zero-order valence-electron chi connectivity index (χ0n) is 22.7. The van der Waals surface area contributed by atoms with Gasteiger partial charge in [-0.25, -0.2) is 9.59 Å². The lowest BCUT2D eigenvalue weighted by Gasteiger charge is -2.33. The minimum Gasteiger partial charge on any atom is -0.465 e. The second-order valence-corrected chi connectivity index (χ2v) is 11.0. The van der Waals surface area contributed by atoms with Crippen LogP contribution in [0.2, 0.25) is 0 Å². The van der Waals surface area contributed by atoms with E-state index in [1.165, 1.54) is 17.0 Å². The lowest BCUT2D eigenvalue weighted by Crippen LogP contribution is -2.42. The number of halogens is 3. The lowest BCUT2D eigenvalue weighted by atomic mass is 10.00. The Kier molecular flexibility index (Phi) is 7.31. The fraction of sp³-hybridized carbons (Fsp3) is 0.414. The van der Waals surface area contributed by atoms with Crippen molar-refractivity contribution >= 4 is 17.1 Å². The molecule has 0 bridgehead atoms. The Hall–Kier alpha value is -4.10. The zero-order chi connectivity index (χ0) is 29.6. The highest BCUT2D eigenvalue weighted by Crippen LogP contribution is 2.34. The first kappa shape index (κ1) is 28.0. The van der Waals surface area contributed by atoms with E-state index in [1.54, 1.807) is 4.68 Å². The summed E-state index contributed by atoms with van der Waals surface area (Å²) in [5.41, 5.74) is 3.08. The number of aromatic amines is 1. The van der Waals surface area contributed by atoms with Gasteiger partial charge in [0.25, 0.3) is 0 Å². The van der Waals surface area contributed by atoms with Crippen LogP contribution in [-0.2, 0) is 25.7 Å². The van der Waals surface area contributed by atoms with Crippen molar-refractivity contribution in [1.29, 1.82) is 0 Å². The molecule has 1 atom stereocenters. The predicted octanol–water partition coefficient (Wildman–Crippen LogP) is 3.95. The van der Waals surface area contributed by atoms with Gasteiger partial charge in [0, 0.05) is 55.5 Å². The van der Waals surface area contributed by atoms with Gasteiger partial charge < -0.3 is 25.0 Å². The van der Waals surface area contributed by atoms with E-state index < -0.39 is 23.9 Å². The molecule has 13 heteroatoms. The number of aliphatic hydroxyl groups is 1. The number of carbonyl (C=O) groups is 1. The predicted molar refractivity (Wildman–Crippen MR) is 148 cm³/mol. The highest BCUT2D eigenvalue weighted by molar-refractivity contribution is 5.75. The smallest absolute Gasteiger partial charge is 0.416 e. The van der Waals surface area contributed by atoms with Gasteiger partial charge in [-0.05, 0) is 37.1 Å². The number of aliphatic hydroxyl groups excluding tert-OH is 1. The standard InChI is InChI=1S/C29H31F3N6O4/c30-29(31,32)19-7-5-18(6-8-19)26-22-17-36(28(41)42)14-11-24(22)37(34-26)16-21(39)15-35-12-9-20(10-13-35)38-25-4-2-1-3-23(25)33-27(38)40/h1-8,20-21,39H,9-17H2,(H,33,40)(H,41,42). The van der Waals surface area contributed by atoms with Crippen LogP contribution >= 0.6 is 0 Å². The van der Waals surface area contributed by atoms with Gasteiger partial charge in [-0.15, -0.1) is 0 Å². The molecule has 0 spiro atoms. The van der Waals surface area contributed by atoms with Gasteiger partial charge in [-0.1, -0.05) is 24.3 Å². The maximum Gasteiger partial charge on any atom is 0.416 e. The average molecular weight is 585 g/mol. The number of imidazole rings is 1. The van der Waals surface area contributed by atoms with Crippen molar-refractivity contribution in [1.82, 2.24) is 29.1 Å². The van der Waals surface area contributed by atoms with Crippen molar-refractivity contribution in [3.8, 4) is 11.3 Å². The van der Waals surface area contributed by atoms with Gasteiger partial charge >= 0.3 is 18.0 Å². The highest BCUT2D eigenvalue weighted by Gasteiger charge is 2.32. The number of alkyl halides is 3. The van der Waals surface area contributed by atoms with Crippen LogP contribution in [0.4, 0.5) is 18.0 Å². The first-order valence-corrected chi connectivity index (χ1v) is 13.9. The maximum absolute atomic E-state index is 13.1. The normalized spacial score (nSPS) is 17.5. The number of rotatable bonds is 6. The fourth-order valence-electron chi connectivity index (χ4n) is 6.21. The van der Waals surface area contributed by atoms with Crippen LogP contribution in [0.3, 0.4) is 0 Å². The number of fused-ring (bicyclic) bond motifs is 2. The molecular weight excluding hydrogens is 553 g/mol. The Balaban J connectivity index is 1.16. The molecular formula is C29H31F3N6O4. The summed E-state index contributed by atoms with van der Waals surface area (Å²) >= 11 is 0. The second kappa shape index (κ2) is 11.0. The van der Waals surface area contributed by atoms with Gasteiger partial charge in [-0.2, -0.15) is 18.3 Å². The molecule has 2 aliphatic rings. The number of β-amino-alcohol motifs (C(OH)–C–C–N with tert-alkyl or cyclic N) is 1. The fourth-order valence-corrected chi connectivity index (χ4v) is 6.21. The number of hydrogen-bond donors (Lipinski definition) is 3. The Morgan fingerprint density at radius 1 is 1.05 bits per heavy atom. The number of H-pyrrole nitrogens is 1. The highest BCUT2D eigenvalue weighted by atomic mass is 19.4. The average Bonchev–Trinajstić information content (AvgIpc) is 3.49. The van der Waals surface area contributed by atoms with Gasteiger partial charge in [0.05, 0.1) is 41.5 Å². The second-order valence-electron chi connectivity index (χ2n) is 11.0. The summed E-state index contributed by atoms with van der Waals surface area (Å²) in [5, 5.41) is 25.2. The molecule has 2 aromatic heterocycles. The zero-order valence-corrected chi connectivity index (χ0v) is 22.7. The molecule has 2 aliphatic heterocycles. The molecule has 10 nitrogen and oxygen atoms in total. The summed E-state index contributed by atoms with van der Waals surface area (Å²) in [5.74, 6) is 0. The first-order valence-electron chi connectivity index (χ1n) is 13.9. The van der Waals surface area contributed by atoms with E-state index in [1.807, 2.05) is 28.8 Å². The number of benzene rings is 2. The number of amides is 1. The van der Waals surface area contributed by atoms with Crippen molar-refractivity contribution in [2.45, 2.75) is 50.7 Å².